The number of aromatic hydroxyl groups is 1. The third-order valence-corrected chi connectivity index (χ3v) is 3.79. The van der Waals surface area contributed by atoms with Crippen LogP contribution in [-0.2, 0) is 0 Å². The Hall–Kier alpha value is -1.62. The van der Waals surface area contributed by atoms with Gasteiger partial charge in [0.25, 0.3) is 5.91 Å². The number of aromatic nitrogens is 1. The molecule has 1 aliphatic heterocycles. The summed E-state index contributed by atoms with van der Waals surface area (Å²) in [5, 5.41) is 9.79. The summed E-state index contributed by atoms with van der Waals surface area (Å²) in [5.74, 6) is -0.142. The minimum absolute atomic E-state index is 0.0393. The number of hydrogen-bond donors (Lipinski definition) is 1. The number of amides is 1. The van der Waals surface area contributed by atoms with Gasteiger partial charge in [0.1, 0.15) is 5.75 Å². The Balaban J connectivity index is 2.18. The van der Waals surface area contributed by atoms with Crippen molar-refractivity contribution in [2.75, 3.05) is 26.7 Å². The van der Waals surface area contributed by atoms with E-state index in [1.807, 2.05) is 11.8 Å². The number of nitrogens with zero attached hydrogens (tertiary/aromatic N) is 3. The van der Waals surface area contributed by atoms with Crippen LogP contribution in [0.3, 0.4) is 0 Å². The molecule has 0 bridgehead atoms. The SMILES string of the molecule is CCC1CN(C(=O)c2cc(C)ncc2O)CCN1C. The number of likely N-dealkylation sites (N-methyl/N-ethyl adjacent to an activating group) is 1. The van der Waals surface area contributed by atoms with Crippen molar-refractivity contribution in [2.45, 2.75) is 26.3 Å². The Morgan fingerprint density at radius 2 is 2.26 bits per heavy atom. The van der Waals surface area contributed by atoms with E-state index in [0.717, 1.165) is 18.7 Å². The molecule has 0 saturated carbocycles. The van der Waals surface area contributed by atoms with E-state index in [9.17, 15) is 9.90 Å². The van der Waals surface area contributed by atoms with Crippen molar-refractivity contribution in [3.05, 3.63) is 23.5 Å². The van der Waals surface area contributed by atoms with Gasteiger partial charge in [-0.1, -0.05) is 6.92 Å². The van der Waals surface area contributed by atoms with Gasteiger partial charge in [0.05, 0.1) is 11.8 Å². The standard InChI is InChI=1S/C14H21N3O2/c1-4-11-9-17(6-5-16(11)3)14(19)12-7-10(2)15-8-13(12)18/h7-8,11,18H,4-6,9H2,1-3H3. The van der Waals surface area contributed by atoms with E-state index in [-0.39, 0.29) is 11.7 Å². The molecule has 0 spiro atoms. The second kappa shape index (κ2) is 5.57. The van der Waals surface area contributed by atoms with E-state index in [1.165, 1.54) is 6.20 Å². The molecule has 1 N–H and O–H groups in total. The molecule has 1 aromatic rings. The summed E-state index contributed by atoms with van der Waals surface area (Å²) < 4.78 is 0. The largest absolute Gasteiger partial charge is 0.505 e. The number of pyridine rings is 1. The molecule has 0 radical (unpaired) electrons. The van der Waals surface area contributed by atoms with E-state index in [4.69, 9.17) is 0 Å². The van der Waals surface area contributed by atoms with Gasteiger partial charge in [0.15, 0.2) is 0 Å². The molecular formula is C14H21N3O2. The molecule has 1 aromatic heterocycles. The van der Waals surface area contributed by atoms with Crippen molar-refractivity contribution < 1.29 is 9.90 Å². The number of piperazine rings is 1. The van der Waals surface area contributed by atoms with Crippen LogP contribution in [0.1, 0.15) is 29.4 Å². The Labute approximate surface area is 113 Å². The van der Waals surface area contributed by atoms with E-state index >= 15 is 0 Å². The lowest BCUT2D eigenvalue weighted by molar-refractivity contribution is 0.0539. The van der Waals surface area contributed by atoms with Gasteiger partial charge in [-0.25, -0.2) is 0 Å². The fraction of sp³-hybridized carbons (Fsp3) is 0.571. The third kappa shape index (κ3) is 2.87. The lowest BCUT2D eigenvalue weighted by atomic mass is 10.1. The molecule has 1 amide bonds. The molecule has 1 aliphatic rings. The van der Waals surface area contributed by atoms with Gasteiger partial charge in [-0.05, 0) is 26.5 Å². The van der Waals surface area contributed by atoms with E-state index in [1.54, 1.807) is 6.07 Å². The van der Waals surface area contributed by atoms with E-state index < -0.39 is 0 Å². The second-order valence-electron chi connectivity index (χ2n) is 5.14. The highest BCUT2D eigenvalue weighted by Crippen LogP contribution is 2.20. The van der Waals surface area contributed by atoms with Crippen LogP contribution in [0.5, 0.6) is 5.75 Å². The van der Waals surface area contributed by atoms with Crippen LogP contribution in [0.15, 0.2) is 12.3 Å². The zero-order valence-electron chi connectivity index (χ0n) is 11.8. The maximum atomic E-state index is 12.5. The smallest absolute Gasteiger partial charge is 0.257 e. The predicted molar refractivity (Wildman–Crippen MR) is 73.3 cm³/mol. The number of carbonyl (C=O) groups excluding carboxylic acids is 1. The van der Waals surface area contributed by atoms with Gasteiger partial charge in [0.2, 0.25) is 0 Å². The molecule has 1 fully saturated rings. The molecule has 1 atom stereocenters. The monoisotopic (exact) mass is 263 g/mol. The maximum absolute atomic E-state index is 12.5. The van der Waals surface area contributed by atoms with Crippen molar-refractivity contribution in [1.82, 2.24) is 14.8 Å². The minimum atomic E-state index is -0.102. The number of rotatable bonds is 2. The fourth-order valence-corrected chi connectivity index (χ4v) is 2.47. The first kappa shape index (κ1) is 13.8. The first-order chi connectivity index (χ1) is 9.02. The molecule has 5 nitrogen and oxygen atoms in total. The summed E-state index contributed by atoms with van der Waals surface area (Å²) in [6.45, 7) is 6.23. The van der Waals surface area contributed by atoms with Gasteiger partial charge in [0, 0.05) is 31.4 Å². The zero-order chi connectivity index (χ0) is 14.0. The van der Waals surface area contributed by atoms with Crippen LogP contribution in [0.25, 0.3) is 0 Å². The van der Waals surface area contributed by atoms with Gasteiger partial charge >= 0.3 is 0 Å². The first-order valence-electron chi connectivity index (χ1n) is 6.68. The average molecular weight is 263 g/mol. The molecule has 0 aromatic carbocycles. The van der Waals surface area contributed by atoms with Crippen molar-refractivity contribution in [2.24, 2.45) is 0 Å². The van der Waals surface area contributed by atoms with Crippen LogP contribution < -0.4 is 0 Å². The van der Waals surface area contributed by atoms with Crippen LogP contribution in [0, 0.1) is 6.92 Å². The molecule has 1 unspecified atom stereocenters. The Morgan fingerprint density at radius 3 is 2.95 bits per heavy atom. The molecule has 5 heteroatoms. The van der Waals surface area contributed by atoms with Crippen molar-refractivity contribution >= 4 is 5.91 Å². The Bertz CT molecular complexity index is 476. The summed E-state index contributed by atoms with van der Waals surface area (Å²) in [7, 11) is 2.09. The maximum Gasteiger partial charge on any atom is 0.257 e. The highest BCUT2D eigenvalue weighted by atomic mass is 16.3. The number of carbonyl (C=O) groups is 1. The normalized spacial score (nSPS) is 20.6. The quantitative estimate of drug-likeness (QED) is 0.873. The molecule has 19 heavy (non-hydrogen) atoms. The third-order valence-electron chi connectivity index (χ3n) is 3.79. The minimum Gasteiger partial charge on any atom is -0.505 e. The molecular weight excluding hydrogens is 242 g/mol. The molecule has 104 valence electrons. The average Bonchev–Trinajstić information content (AvgIpc) is 2.41. The van der Waals surface area contributed by atoms with Crippen LogP contribution in [-0.4, -0.2) is 58.5 Å². The Kier molecular flexibility index (Phi) is 4.04. The number of aryl methyl sites for hydroxylation is 1. The molecule has 2 heterocycles. The predicted octanol–water partition coefficient (Wildman–Crippen LogP) is 1.26. The van der Waals surface area contributed by atoms with E-state index in [2.05, 4.69) is 23.9 Å². The van der Waals surface area contributed by atoms with Gasteiger partial charge < -0.3 is 10.0 Å². The lowest BCUT2D eigenvalue weighted by Gasteiger charge is -2.39. The highest BCUT2D eigenvalue weighted by molar-refractivity contribution is 5.96. The summed E-state index contributed by atoms with van der Waals surface area (Å²) in [4.78, 5) is 20.5. The van der Waals surface area contributed by atoms with Gasteiger partial charge in [-0.2, -0.15) is 0 Å². The van der Waals surface area contributed by atoms with Crippen molar-refractivity contribution in [3.63, 3.8) is 0 Å². The molecule has 1 saturated heterocycles. The van der Waals surface area contributed by atoms with Gasteiger partial charge in [-0.15, -0.1) is 0 Å². The van der Waals surface area contributed by atoms with Crippen LogP contribution >= 0.6 is 0 Å². The summed E-state index contributed by atoms with van der Waals surface area (Å²) in [6.07, 6.45) is 2.36. The number of hydrogen-bond acceptors (Lipinski definition) is 4. The first-order valence-corrected chi connectivity index (χ1v) is 6.68. The fourth-order valence-electron chi connectivity index (χ4n) is 2.47. The Morgan fingerprint density at radius 1 is 1.53 bits per heavy atom. The van der Waals surface area contributed by atoms with Crippen molar-refractivity contribution in [3.8, 4) is 5.75 Å². The summed E-state index contributed by atoms with van der Waals surface area (Å²) in [5.41, 5.74) is 1.09. The lowest BCUT2D eigenvalue weighted by Crippen LogP contribution is -2.53. The van der Waals surface area contributed by atoms with E-state index in [0.29, 0.717) is 24.7 Å². The van der Waals surface area contributed by atoms with Crippen LogP contribution in [0.2, 0.25) is 0 Å². The molecule has 2 rings (SSSR count). The molecule has 0 aliphatic carbocycles. The second-order valence-corrected chi connectivity index (χ2v) is 5.14. The van der Waals surface area contributed by atoms with Gasteiger partial charge in [-0.3, -0.25) is 14.7 Å². The summed E-state index contributed by atoms with van der Waals surface area (Å²) in [6, 6.07) is 2.04. The topological polar surface area (TPSA) is 56.7 Å². The summed E-state index contributed by atoms with van der Waals surface area (Å²) >= 11 is 0. The highest BCUT2D eigenvalue weighted by Gasteiger charge is 2.28. The zero-order valence-corrected chi connectivity index (χ0v) is 11.8. The van der Waals surface area contributed by atoms with Crippen molar-refractivity contribution in [1.29, 1.82) is 0 Å². The van der Waals surface area contributed by atoms with Crippen LogP contribution in [0.4, 0.5) is 0 Å².